The number of nitrogens with one attached hydrogen (secondary N) is 2. The fourth-order valence-electron chi connectivity index (χ4n) is 2.88. The maximum atomic E-state index is 13.0. The van der Waals surface area contributed by atoms with E-state index in [0.717, 1.165) is 27.8 Å². The highest BCUT2D eigenvalue weighted by Crippen LogP contribution is 2.31. The molecule has 0 heterocycles. The van der Waals surface area contributed by atoms with Crippen molar-refractivity contribution >= 4 is 27.4 Å². The summed E-state index contributed by atoms with van der Waals surface area (Å²) in [5.74, 6) is 0. The van der Waals surface area contributed by atoms with Crippen LogP contribution in [0.5, 0.6) is 0 Å². The van der Waals surface area contributed by atoms with Gasteiger partial charge in [0.1, 0.15) is 0 Å². The molecule has 0 saturated heterocycles. The average molecular weight is 361 g/mol. The molecule has 0 unspecified atom stereocenters. The molecule has 6 nitrogen and oxygen atoms in total. The first-order chi connectivity index (χ1) is 11.5. The number of benzene rings is 2. The number of carbonyl (C=O) groups excluding carboxylic acids is 1. The quantitative estimate of drug-likeness (QED) is 0.776. The van der Waals surface area contributed by atoms with Gasteiger partial charge in [-0.1, -0.05) is 6.07 Å². The molecule has 2 rings (SSSR count). The molecule has 0 bridgehead atoms. The Labute approximate surface area is 148 Å². The summed E-state index contributed by atoms with van der Waals surface area (Å²) in [6.45, 7) is 9.47. The van der Waals surface area contributed by atoms with Crippen molar-refractivity contribution in [2.24, 2.45) is 5.73 Å². The predicted molar refractivity (Wildman–Crippen MR) is 101 cm³/mol. The molecule has 134 valence electrons. The summed E-state index contributed by atoms with van der Waals surface area (Å²) in [5.41, 5.74) is 10.4. The van der Waals surface area contributed by atoms with Crippen LogP contribution in [0, 0.1) is 34.6 Å². The summed E-state index contributed by atoms with van der Waals surface area (Å²) >= 11 is 0. The van der Waals surface area contributed by atoms with Gasteiger partial charge in [-0.25, -0.2) is 13.2 Å². The van der Waals surface area contributed by atoms with Gasteiger partial charge in [0.25, 0.3) is 10.0 Å². The molecule has 7 heteroatoms. The van der Waals surface area contributed by atoms with Gasteiger partial charge in [0.15, 0.2) is 0 Å². The molecule has 2 aromatic rings. The Morgan fingerprint density at radius 1 is 0.880 bits per heavy atom. The zero-order chi connectivity index (χ0) is 18.9. The molecule has 0 aliphatic heterocycles. The zero-order valence-corrected chi connectivity index (χ0v) is 15.8. The summed E-state index contributed by atoms with van der Waals surface area (Å²) in [4.78, 5) is 11.2. The van der Waals surface area contributed by atoms with Crippen molar-refractivity contribution in [1.29, 1.82) is 0 Å². The number of hydrogen-bond donors (Lipinski definition) is 3. The summed E-state index contributed by atoms with van der Waals surface area (Å²) in [5, 5.41) is 2.42. The molecular weight excluding hydrogens is 338 g/mol. The molecule has 0 fully saturated rings. The molecule has 0 saturated carbocycles. The van der Waals surface area contributed by atoms with Crippen LogP contribution in [0.3, 0.4) is 0 Å². The van der Waals surface area contributed by atoms with Gasteiger partial charge in [-0.2, -0.15) is 0 Å². The molecule has 0 spiro atoms. The number of rotatable bonds is 4. The number of carbonyl (C=O) groups is 1. The molecule has 0 atom stereocenters. The van der Waals surface area contributed by atoms with E-state index in [0.29, 0.717) is 16.3 Å². The Balaban J connectivity index is 2.50. The van der Waals surface area contributed by atoms with Crippen LogP contribution in [0.2, 0.25) is 0 Å². The Morgan fingerprint density at radius 2 is 1.36 bits per heavy atom. The summed E-state index contributed by atoms with van der Waals surface area (Å²) in [6, 6.07) is 5.67. The molecule has 25 heavy (non-hydrogen) atoms. The van der Waals surface area contributed by atoms with E-state index in [1.54, 1.807) is 18.2 Å². The molecular formula is C18H23N3O3S. The maximum Gasteiger partial charge on any atom is 0.316 e. The lowest BCUT2D eigenvalue weighted by Crippen LogP contribution is -2.20. The number of primary amides is 1. The van der Waals surface area contributed by atoms with Gasteiger partial charge in [0.05, 0.1) is 10.6 Å². The Hall–Kier alpha value is -2.54. The number of hydrogen-bond acceptors (Lipinski definition) is 3. The van der Waals surface area contributed by atoms with Crippen LogP contribution in [-0.4, -0.2) is 14.4 Å². The van der Waals surface area contributed by atoms with E-state index in [-0.39, 0.29) is 0 Å². The molecule has 0 aromatic heterocycles. The van der Waals surface area contributed by atoms with Crippen molar-refractivity contribution in [3.8, 4) is 0 Å². The summed E-state index contributed by atoms with van der Waals surface area (Å²) in [7, 11) is -3.78. The van der Waals surface area contributed by atoms with E-state index in [4.69, 9.17) is 5.73 Å². The number of amides is 2. The molecule has 2 aromatic carbocycles. The Morgan fingerprint density at radius 3 is 1.88 bits per heavy atom. The largest absolute Gasteiger partial charge is 0.351 e. The van der Waals surface area contributed by atoms with Crippen molar-refractivity contribution in [2.45, 2.75) is 39.5 Å². The van der Waals surface area contributed by atoms with Crippen LogP contribution in [0.1, 0.15) is 27.8 Å². The minimum Gasteiger partial charge on any atom is -0.351 e. The third-order valence-electron chi connectivity index (χ3n) is 4.58. The van der Waals surface area contributed by atoms with E-state index in [2.05, 4.69) is 10.0 Å². The predicted octanol–water partition coefficient (Wildman–Crippen LogP) is 3.52. The Bertz CT molecular complexity index is 921. The summed E-state index contributed by atoms with van der Waals surface area (Å²) in [6.07, 6.45) is 0. The van der Waals surface area contributed by atoms with Gasteiger partial charge in [0.2, 0.25) is 0 Å². The van der Waals surface area contributed by atoms with Gasteiger partial charge in [-0.3, -0.25) is 4.72 Å². The lowest BCUT2D eigenvalue weighted by molar-refractivity contribution is 0.259. The normalized spacial score (nSPS) is 11.2. The topological polar surface area (TPSA) is 101 Å². The van der Waals surface area contributed by atoms with Crippen molar-refractivity contribution < 1.29 is 13.2 Å². The van der Waals surface area contributed by atoms with Crippen LogP contribution in [0.4, 0.5) is 16.2 Å². The zero-order valence-electron chi connectivity index (χ0n) is 15.0. The number of anilines is 2. The van der Waals surface area contributed by atoms with Gasteiger partial charge in [-0.05, 0) is 80.6 Å². The van der Waals surface area contributed by atoms with E-state index in [1.165, 1.54) is 6.07 Å². The van der Waals surface area contributed by atoms with Crippen LogP contribution < -0.4 is 15.8 Å². The lowest BCUT2D eigenvalue weighted by Gasteiger charge is -2.19. The van der Waals surface area contributed by atoms with Crippen LogP contribution >= 0.6 is 0 Å². The van der Waals surface area contributed by atoms with Crippen LogP contribution in [0.15, 0.2) is 29.2 Å². The van der Waals surface area contributed by atoms with Crippen LogP contribution in [0.25, 0.3) is 0 Å². The number of sulfonamides is 1. The van der Waals surface area contributed by atoms with Crippen molar-refractivity contribution in [1.82, 2.24) is 0 Å². The minimum atomic E-state index is -3.78. The minimum absolute atomic E-state index is 0.293. The van der Waals surface area contributed by atoms with Gasteiger partial charge >= 0.3 is 6.03 Å². The smallest absolute Gasteiger partial charge is 0.316 e. The molecule has 4 N–H and O–H groups in total. The molecule has 2 amide bonds. The second kappa shape index (κ2) is 6.76. The molecule has 0 aliphatic carbocycles. The van der Waals surface area contributed by atoms with E-state index in [9.17, 15) is 13.2 Å². The lowest BCUT2D eigenvalue weighted by atomic mass is 9.95. The fraction of sp³-hybridized carbons (Fsp3) is 0.278. The average Bonchev–Trinajstić information content (AvgIpc) is 2.50. The van der Waals surface area contributed by atoms with E-state index < -0.39 is 16.1 Å². The standard InChI is InChI=1S/C18H23N3O3S/c1-10-11(2)13(4)17(14(5)12(10)3)25(23,24)21-16-8-6-7-15(9-16)20-18(19)22/h6-9,21H,1-5H3,(H3,19,20,22). The number of nitrogens with two attached hydrogens (primary N) is 1. The Kier molecular flexibility index (Phi) is 5.08. The first-order valence-corrected chi connectivity index (χ1v) is 9.29. The third-order valence-corrected chi connectivity index (χ3v) is 6.24. The summed E-state index contributed by atoms with van der Waals surface area (Å²) < 4.78 is 28.5. The van der Waals surface area contributed by atoms with Crippen molar-refractivity contribution in [3.63, 3.8) is 0 Å². The molecule has 0 aliphatic rings. The SMILES string of the molecule is Cc1c(C)c(C)c(S(=O)(=O)Nc2cccc(NC(N)=O)c2)c(C)c1C. The van der Waals surface area contributed by atoms with Crippen molar-refractivity contribution in [2.75, 3.05) is 10.0 Å². The van der Waals surface area contributed by atoms with Crippen molar-refractivity contribution in [3.05, 3.63) is 52.1 Å². The van der Waals surface area contributed by atoms with Gasteiger partial charge < -0.3 is 11.1 Å². The second-order valence-electron chi connectivity index (χ2n) is 6.13. The van der Waals surface area contributed by atoms with Crippen LogP contribution in [-0.2, 0) is 10.0 Å². The van der Waals surface area contributed by atoms with E-state index >= 15 is 0 Å². The van der Waals surface area contributed by atoms with Gasteiger partial charge in [0, 0.05) is 5.69 Å². The van der Waals surface area contributed by atoms with E-state index in [1.807, 2.05) is 34.6 Å². The van der Waals surface area contributed by atoms with Gasteiger partial charge in [-0.15, -0.1) is 0 Å². The fourth-order valence-corrected chi connectivity index (χ4v) is 4.53. The maximum absolute atomic E-state index is 13.0. The highest BCUT2D eigenvalue weighted by atomic mass is 32.2. The molecule has 0 radical (unpaired) electrons. The third kappa shape index (κ3) is 3.76. The second-order valence-corrected chi connectivity index (χ2v) is 7.75. The first-order valence-electron chi connectivity index (χ1n) is 7.81. The monoisotopic (exact) mass is 361 g/mol. The number of urea groups is 1. The first kappa shape index (κ1) is 18.8. The highest BCUT2D eigenvalue weighted by Gasteiger charge is 2.23. The highest BCUT2D eigenvalue weighted by molar-refractivity contribution is 7.92.